The van der Waals surface area contributed by atoms with Crippen LogP contribution in [0.15, 0.2) is 78.9 Å². The van der Waals surface area contributed by atoms with E-state index in [-0.39, 0.29) is 24.1 Å². The minimum Gasteiger partial charge on any atom is -0.487 e. The Bertz CT molecular complexity index is 1460. The standard InChI is InChI=1S/C34H34N2O3/c1-35(30(37)16-15-24-9-4-2-5-10-24)27-17-19-34(38)29-23-26-13-8-14-28-31(26)33(34,32(27)39-28)20-22-36(29)21-18-25-11-6-3-7-12-25/h2-14,27,29,32,38H,17-23H2,1H3/t27-,29-,32?,33+,34-/m1/s1. The van der Waals surface area contributed by atoms with Crippen LogP contribution in [0.25, 0.3) is 0 Å². The highest BCUT2D eigenvalue weighted by atomic mass is 16.5. The third-order valence-electron chi connectivity index (χ3n) is 9.88. The fourth-order valence-electron chi connectivity index (χ4n) is 8.04. The lowest BCUT2D eigenvalue weighted by atomic mass is 9.48. The molecule has 0 aromatic heterocycles. The van der Waals surface area contributed by atoms with Crippen molar-refractivity contribution >= 4 is 5.91 Å². The zero-order valence-electron chi connectivity index (χ0n) is 22.3. The molecule has 0 radical (unpaired) electrons. The largest absolute Gasteiger partial charge is 0.487 e. The summed E-state index contributed by atoms with van der Waals surface area (Å²) in [6.07, 6.45) is 3.64. The van der Waals surface area contributed by atoms with Crippen molar-refractivity contribution < 1.29 is 14.6 Å². The lowest BCUT2D eigenvalue weighted by molar-refractivity contribution is -0.199. The number of aliphatic hydroxyl groups is 1. The first-order chi connectivity index (χ1) is 19.0. The maximum atomic E-state index is 13.3. The van der Waals surface area contributed by atoms with Crippen LogP contribution < -0.4 is 4.74 Å². The summed E-state index contributed by atoms with van der Waals surface area (Å²) >= 11 is 0. The molecule has 1 saturated carbocycles. The van der Waals surface area contributed by atoms with Crippen molar-refractivity contribution in [2.45, 2.75) is 61.3 Å². The molecule has 1 unspecified atom stereocenters. The third kappa shape index (κ3) is 3.66. The van der Waals surface area contributed by atoms with Crippen LogP contribution in [0.2, 0.25) is 0 Å². The van der Waals surface area contributed by atoms with Gasteiger partial charge in [-0.25, -0.2) is 0 Å². The van der Waals surface area contributed by atoms with Gasteiger partial charge in [-0.1, -0.05) is 66.6 Å². The van der Waals surface area contributed by atoms with Crippen molar-refractivity contribution in [1.29, 1.82) is 0 Å². The van der Waals surface area contributed by atoms with Gasteiger partial charge in [-0.2, -0.15) is 0 Å². The van der Waals surface area contributed by atoms with Crippen molar-refractivity contribution in [3.8, 4) is 17.6 Å². The smallest absolute Gasteiger partial charge is 0.298 e. The van der Waals surface area contributed by atoms with Crippen LogP contribution in [0, 0.1) is 11.8 Å². The molecule has 5 heteroatoms. The van der Waals surface area contributed by atoms with Gasteiger partial charge in [-0.05, 0) is 68.0 Å². The Balaban J connectivity index is 1.21. The quantitative estimate of drug-likeness (QED) is 0.532. The van der Waals surface area contributed by atoms with Crippen molar-refractivity contribution in [1.82, 2.24) is 9.80 Å². The molecule has 5 atom stereocenters. The average Bonchev–Trinajstić information content (AvgIpc) is 3.31. The molecule has 39 heavy (non-hydrogen) atoms. The van der Waals surface area contributed by atoms with E-state index in [0.29, 0.717) is 12.8 Å². The third-order valence-corrected chi connectivity index (χ3v) is 9.88. The normalized spacial score (nSPS) is 29.9. The van der Waals surface area contributed by atoms with Crippen molar-refractivity contribution in [3.63, 3.8) is 0 Å². The molecule has 7 rings (SSSR count). The first-order valence-electron chi connectivity index (χ1n) is 14.1. The highest BCUT2D eigenvalue weighted by molar-refractivity contribution is 5.94. The summed E-state index contributed by atoms with van der Waals surface area (Å²) in [4.78, 5) is 17.6. The van der Waals surface area contributed by atoms with Crippen LogP contribution >= 0.6 is 0 Å². The van der Waals surface area contributed by atoms with E-state index in [9.17, 15) is 9.90 Å². The van der Waals surface area contributed by atoms with E-state index in [4.69, 9.17) is 4.74 Å². The van der Waals surface area contributed by atoms with Gasteiger partial charge in [0.1, 0.15) is 11.9 Å². The van der Waals surface area contributed by atoms with Crippen molar-refractivity contribution in [2.75, 3.05) is 20.1 Å². The monoisotopic (exact) mass is 518 g/mol. The highest BCUT2D eigenvalue weighted by Crippen LogP contribution is 2.64. The topological polar surface area (TPSA) is 53.0 Å². The molecule has 1 spiro atoms. The summed E-state index contributed by atoms with van der Waals surface area (Å²) in [6, 6.07) is 26.4. The highest BCUT2D eigenvalue weighted by Gasteiger charge is 2.72. The van der Waals surface area contributed by atoms with E-state index >= 15 is 0 Å². The molecule has 198 valence electrons. The number of carbonyl (C=O) groups is 1. The first kappa shape index (κ1) is 24.5. The van der Waals surface area contributed by atoms with Crippen LogP contribution in [-0.2, 0) is 23.1 Å². The van der Waals surface area contributed by atoms with Gasteiger partial charge < -0.3 is 14.7 Å². The average molecular weight is 519 g/mol. The number of benzene rings is 3. The molecule has 1 saturated heterocycles. The Hall–Kier alpha value is -3.59. The number of piperidine rings is 1. The second-order valence-electron chi connectivity index (χ2n) is 11.6. The van der Waals surface area contributed by atoms with Gasteiger partial charge in [0.2, 0.25) is 0 Å². The van der Waals surface area contributed by atoms with Gasteiger partial charge in [0.05, 0.1) is 17.1 Å². The van der Waals surface area contributed by atoms with Gasteiger partial charge in [0, 0.05) is 36.7 Å². The summed E-state index contributed by atoms with van der Waals surface area (Å²) < 4.78 is 6.73. The lowest BCUT2D eigenvalue weighted by Gasteiger charge is -2.64. The van der Waals surface area contributed by atoms with Crippen LogP contribution in [0.5, 0.6) is 5.75 Å². The van der Waals surface area contributed by atoms with E-state index in [2.05, 4.69) is 59.2 Å². The Morgan fingerprint density at radius 3 is 2.62 bits per heavy atom. The number of hydrogen-bond donors (Lipinski definition) is 1. The predicted molar refractivity (Wildman–Crippen MR) is 150 cm³/mol. The number of likely N-dealkylation sites (N-methyl/N-ethyl adjacent to an activating group) is 1. The van der Waals surface area contributed by atoms with Crippen LogP contribution in [0.1, 0.15) is 41.5 Å². The van der Waals surface area contributed by atoms with Crippen molar-refractivity contribution in [2.24, 2.45) is 0 Å². The minimum absolute atomic E-state index is 0.0294. The second-order valence-corrected chi connectivity index (χ2v) is 11.6. The maximum Gasteiger partial charge on any atom is 0.298 e. The minimum atomic E-state index is -0.900. The molecule has 1 N–H and O–H groups in total. The van der Waals surface area contributed by atoms with Gasteiger partial charge in [0.15, 0.2) is 0 Å². The molecule has 2 aliphatic heterocycles. The fraction of sp³-hybridized carbons (Fsp3) is 0.382. The lowest BCUT2D eigenvalue weighted by Crippen LogP contribution is -2.78. The molecule has 2 fully saturated rings. The maximum absolute atomic E-state index is 13.3. The number of nitrogens with zero attached hydrogens (tertiary/aromatic N) is 2. The number of ether oxygens (including phenoxy) is 1. The zero-order chi connectivity index (χ0) is 26.6. The molecular formula is C34H34N2O3. The Labute approximate surface area is 230 Å². The number of amides is 1. The van der Waals surface area contributed by atoms with Gasteiger partial charge in [0.25, 0.3) is 5.91 Å². The van der Waals surface area contributed by atoms with Gasteiger partial charge >= 0.3 is 0 Å². The van der Waals surface area contributed by atoms with E-state index in [1.807, 2.05) is 43.4 Å². The van der Waals surface area contributed by atoms with E-state index in [1.54, 1.807) is 4.90 Å². The van der Waals surface area contributed by atoms with E-state index < -0.39 is 11.0 Å². The molecule has 2 heterocycles. The second kappa shape index (κ2) is 9.26. The van der Waals surface area contributed by atoms with E-state index in [0.717, 1.165) is 43.7 Å². The number of likely N-dealkylation sites (tertiary alicyclic amines) is 1. The summed E-state index contributed by atoms with van der Waals surface area (Å²) in [6.45, 7) is 1.83. The van der Waals surface area contributed by atoms with Gasteiger partial charge in [-0.3, -0.25) is 9.69 Å². The Kier molecular flexibility index (Phi) is 5.80. The summed E-state index contributed by atoms with van der Waals surface area (Å²) in [5.74, 6) is 6.54. The van der Waals surface area contributed by atoms with E-state index in [1.165, 1.54) is 16.7 Å². The molecule has 2 bridgehead atoms. The molecule has 4 aliphatic rings. The fourth-order valence-corrected chi connectivity index (χ4v) is 8.04. The number of hydrogen-bond acceptors (Lipinski definition) is 4. The molecule has 3 aromatic rings. The molecule has 2 aliphatic carbocycles. The molecule has 5 nitrogen and oxygen atoms in total. The molecular weight excluding hydrogens is 484 g/mol. The first-order valence-corrected chi connectivity index (χ1v) is 14.1. The SMILES string of the molecule is CN(C(=O)C#Cc1ccccc1)[C@@H]1CC[C@@]2(O)[C@H]3Cc4cccc5c4[C@@]2(CCN3CCc2ccccc2)C1O5. The van der Waals surface area contributed by atoms with Crippen LogP contribution in [-0.4, -0.2) is 64.7 Å². The summed E-state index contributed by atoms with van der Waals surface area (Å²) in [7, 11) is 1.84. The zero-order valence-corrected chi connectivity index (χ0v) is 22.3. The Morgan fingerprint density at radius 2 is 1.82 bits per heavy atom. The number of carbonyl (C=O) groups excluding carboxylic acids is 1. The number of rotatable bonds is 4. The molecule has 3 aromatic carbocycles. The van der Waals surface area contributed by atoms with Crippen molar-refractivity contribution in [3.05, 3.63) is 101 Å². The predicted octanol–water partition coefficient (Wildman–Crippen LogP) is 3.96. The summed E-state index contributed by atoms with van der Waals surface area (Å²) in [5.41, 5.74) is 3.20. The molecule has 1 amide bonds. The Morgan fingerprint density at radius 1 is 1.05 bits per heavy atom. The van der Waals surface area contributed by atoms with Gasteiger partial charge in [-0.15, -0.1) is 0 Å². The van der Waals surface area contributed by atoms with Crippen LogP contribution in [0.4, 0.5) is 0 Å². The van der Waals surface area contributed by atoms with Crippen LogP contribution in [0.3, 0.4) is 0 Å². The summed E-state index contributed by atoms with van der Waals surface area (Å²) in [5, 5.41) is 12.7.